The summed E-state index contributed by atoms with van der Waals surface area (Å²) in [5.74, 6) is 0.118. The monoisotopic (exact) mass is 264 g/mol. The van der Waals surface area contributed by atoms with E-state index in [9.17, 15) is 0 Å². The molecule has 2 rings (SSSR count). The van der Waals surface area contributed by atoms with Gasteiger partial charge in [-0.15, -0.1) is 0 Å². The first-order valence-corrected chi connectivity index (χ1v) is 6.71. The average Bonchev–Trinajstić information content (AvgIpc) is 2.36. The highest BCUT2D eigenvalue weighted by atomic mass is 16.5. The average molecular weight is 264 g/mol. The van der Waals surface area contributed by atoms with E-state index in [4.69, 9.17) is 14.6 Å². The van der Waals surface area contributed by atoms with E-state index in [0.29, 0.717) is 17.6 Å². The lowest BCUT2D eigenvalue weighted by Crippen LogP contribution is -2.47. The molecule has 1 saturated heterocycles. The van der Waals surface area contributed by atoms with E-state index in [1.54, 1.807) is 24.3 Å². The molecule has 1 fully saturated rings. The molecule has 0 saturated carbocycles. The number of carboxylic acid groups (broad SMARTS) is 1. The Kier molecular flexibility index (Phi) is 4.10. The topological polar surface area (TPSA) is 54.1 Å². The Balaban J connectivity index is 1.99. The van der Waals surface area contributed by atoms with Gasteiger partial charge >= 0.3 is 5.97 Å². The van der Waals surface area contributed by atoms with Crippen LogP contribution in [0.1, 0.15) is 32.3 Å². The first-order chi connectivity index (χ1) is 8.97. The number of hydrogen-bond donors (Lipinski definition) is 1. The van der Waals surface area contributed by atoms with Gasteiger partial charge in [-0.3, -0.25) is 0 Å². The number of nitrogens with zero attached hydrogens (tertiary/aromatic N) is 1. The van der Waals surface area contributed by atoms with Crippen LogP contribution < -0.4 is 4.74 Å². The molecule has 0 spiro atoms. The lowest BCUT2D eigenvalue weighted by Gasteiger charge is -2.40. The van der Waals surface area contributed by atoms with Crippen LogP contribution in [0.4, 0.5) is 0 Å². The van der Waals surface area contributed by atoms with E-state index >= 15 is 0 Å². The van der Waals surface area contributed by atoms with Crippen LogP contribution >= 0.6 is 0 Å². The van der Waals surface area contributed by atoms with Gasteiger partial charge < -0.3 is 19.5 Å². The molecule has 4 heteroatoms. The van der Waals surface area contributed by atoms with Crippen LogP contribution in [0.2, 0.25) is 0 Å². The first kappa shape index (κ1) is 13.9. The molecule has 1 aromatic carbocycles. The van der Waals surface area contributed by atoms with E-state index in [1.165, 1.54) is 0 Å². The van der Waals surface area contributed by atoms with Gasteiger partial charge in [-0.1, -0.05) is 0 Å². The smallest absolute Gasteiger partial charge is 0.490 e. The molecule has 0 bridgehead atoms. The third-order valence-electron chi connectivity index (χ3n) is 4.01. The molecule has 104 valence electrons. The van der Waals surface area contributed by atoms with E-state index in [0.717, 1.165) is 18.6 Å². The number of benzene rings is 1. The number of rotatable bonds is 3. The lowest BCUT2D eigenvalue weighted by molar-refractivity contribution is 0.0430. The second-order valence-electron chi connectivity index (χ2n) is 5.42. The minimum absolute atomic E-state index is 0.221. The van der Waals surface area contributed by atoms with Crippen molar-refractivity contribution in [3.05, 3.63) is 29.8 Å². The summed E-state index contributed by atoms with van der Waals surface area (Å²) in [5.41, 5.74) is 0.400. The van der Waals surface area contributed by atoms with Crippen molar-refractivity contribution in [1.82, 2.24) is 4.90 Å². The van der Waals surface area contributed by atoms with E-state index in [1.807, 2.05) is 0 Å². The summed E-state index contributed by atoms with van der Waals surface area (Å²) in [7, 11) is 2.15. The van der Waals surface area contributed by atoms with Gasteiger partial charge in [-0.05, 0) is 58.0 Å². The van der Waals surface area contributed by atoms with Gasteiger partial charge in [0.15, 0.2) is 0 Å². The minimum atomic E-state index is -0.659. The molecule has 2 N–H and O–H groups in total. The zero-order chi connectivity index (χ0) is 14.0. The number of likely N-dealkylation sites (tertiary alicyclic amines) is 1. The summed E-state index contributed by atoms with van der Waals surface area (Å²) in [4.78, 5) is 11.3. The van der Waals surface area contributed by atoms with Crippen LogP contribution in [0.5, 0.6) is 5.75 Å². The van der Waals surface area contributed by atoms with Crippen molar-refractivity contribution in [2.24, 2.45) is 0 Å². The Labute approximate surface area is 114 Å². The zero-order valence-corrected chi connectivity index (χ0v) is 11.7. The molecule has 0 aliphatic carbocycles. The van der Waals surface area contributed by atoms with Crippen LogP contribution in [-0.4, -0.2) is 46.0 Å². The van der Waals surface area contributed by atoms with Crippen LogP contribution in [0.3, 0.4) is 0 Å². The normalized spacial score (nSPS) is 28.1. The van der Waals surface area contributed by atoms with E-state index in [-0.39, 0.29) is 6.10 Å². The van der Waals surface area contributed by atoms with Crippen molar-refractivity contribution < 1.29 is 14.6 Å². The minimum Gasteiger partial charge on any atom is -0.490 e. The number of aliphatic hydroxyl groups excluding tert-OH is 1. The maximum atomic E-state index is 8.96. The van der Waals surface area contributed by atoms with Crippen molar-refractivity contribution in [1.29, 1.82) is 0 Å². The number of hydrogen-bond acceptors (Lipinski definition) is 2. The van der Waals surface area contributed by atoms with Gasteiger partial charge in [-0.25, -0.2) is 0 Å². The first-order valence-electron chi connectivity index (χ1n) is 6.71. The van der Waals surface area contributed by atoms with Crippen molar-refractivity contribution in [2.75, 3.05) is 7.05 Å². The van der Waals surface area contributed by atoms with Gasteiger partial charge in [0.05, 0.1) is 0 Å². The molecule has 0 aromatic heterocycles. The summed E-state index contributed by atoms with van der Waals surface area (Å²) in [6, 6.07) is 7.87. The number of ether oxygens (including phenoxy) is 1. The summed E-state index contributed by atoms with van der Waals surface area (Å²) < 4.78 is 5.98. The van der Waals surface area contributed by atoms with Crippen molar-refractivity contribution in [3.63, 3.8) is 0 Å². The van der Waals surface area contributed by atoms with Crippen LogP contribution in [-0.2, 0) is 0 Å². The van der Waals surface area contributed by atoms with Crippen LogP contribution in [0.15, 0.2) is 24.3 Å². The van der Waals surface area contributed by atoms with Gasteiger partial charge in [0.1, 0.15) is 17.4 Å². The summed E-state index contributed by atoms with van der Waals surface area (Å²) in [6.07, 6.45) is 2.25. The molecule has 1 aliphatic heterocycles. The highest BCUT2D eigenvalue weighted by Gasteiger charge is 2.29. The second kappa shape index (κ2) is 5.61. The summed E-state index contributed by atoms with van der Waals surface area (Å²) in [5, 5.41) is 8.96. The number of piperidine rings is 1. The quantitative estimate of drug-likeness (QED) is 0.853. The zero-order valence-electron chi connectivity index (χ0n) is 11.7. The van der Waals surface area contributed by atoms with Crippen molar-refractivity contribution >= 4 is 5.97 Å². The number of aromatic carboxylic acids is 1. The van der Waals surface area contributed by atoms with E-state index < -0.39 is 5.97 Å². The summed E-state index contributed by atoms with van der Waals surface area (Å²) in [6.45, 7) is 4.43. The van der Waals surface area contributed by atoms with Crippen molar-refractivity contribution in [2.45, 2.75) is 44.9 Å². The molecular formula is C15H22NO3+. The molecule has 4 nitrogen and oxygen atoms in total. The Bertz CT molecular complexity index is 431. The third kappa shape index (κ3) is 3.26. The van der Waals surface area contributed by atoms with Gasteiger partial charge in [0.2, 0.25) is 0 Å². The van der Waals surface area contributed by atoms with Gasteiger partial charge in [-0.2, -0.15) is 0 Å². The fraction of sp³-hybridized carbons (Fsp3) is 0.533. The molecule has 0 radical (unpaired) electrons. The fourth-order valence-corrected chi connectivity index (χ4v) is 2.60. The fourth-order valence-electron chi connectivity index (χ4n) is 2.60. The third-order valence-corrected chi connectivity index (χ3v) is 4.01. The standard InChI is InChI=1S/C15H21NO3/c1-10-8-14(9-11(2)16(10)3)19-13-6-4-12(5-7-13)15(17)18/h4-7,10-11,14H,8-9H2,1-3H3,(H,17,18)/p+1/t10-,11+,14?. The molecule has 0 amide bonds. The van der Waals surface area contributed by atoms with Gasteiger partial charge in [0, 0.05) is 12.1 Å². The molecule has 1 heterocycles. The predicted molar refractivity (Wildman–Crippen MR) is 75.5 cm³/mol. The Morgan fingerprint density at radius 3 is 2.21 bits per heavy atom. The van der Waals surface area contributed by atoms with Gasteiger partial charge in [0.25, 0.3) is 0 Å². The largest absolute Gasteiger partial charge is 0.515 e. The number of carboxylic acids is 1. The van der Waals surface area contributed by atoms with Crippen LogP contribution in [0.25, 0.3) is 0 Å². The lowest BCUT2D eigenvalue weighted by atomic mass is 9.95. The highest BCUT2D eigenvalue weighted by molar-refractivity contribution is 5.88. The Hall–Kier alpha value is -1.55. The Morgan fingerprint density at radius 2 is 1.74 bits per heavy atom. The van der Waals surface area contributed by atoms with Crippen LogP contribution in [0, 0.1) is 0 Å². The predicted octanol–water partition coefficient (Wildman–Crippen LogP) is 2.35. The maximum absolute atomic E-state index is 8.96. The molecule has 3 atom stereocenters. The SMILES string of the molecule is C[C@@H]1CC(Oc2ccc(C(O)=[OH+])cc2)C[C@H](C)N1C. The van der Waals surface area contributed by atoms with E-state index in [2.05, 4.69) is 25.8 Å². The molecule has 1 aromatic rings. The Morgan fingerprint density at radius 1 is 1.21 bits per heavy atom. The second-order valence-corrected chi connectivity index (χ2v) is 5.42. The molecule has 1 unspecified atom stereocenters. The molecule has 19 heavy (non-hydrogen) atoms. The molecule has 1 aliphatic rings. The highest BCUT2D eigenvalue weighted by Crippen LogP contribution is 2.25. The molecular weight excluding hydrogens is 242 g/mol. The summed E-state index contributed by atoms with van der Waals surface area (Å²) >= 11 is 0. The maximum Gasteiger partial charge on any atom is 0.515 e. The van der Waals surface area contributed by atoms with Crippen molar-refractivity contribution in [3.8, 4) is 5.75 Å².